The number of nitrogens with zero attached hydrogens (tertiary/aromatic N) is 4. The highest BCUT2D eigenvalue weighted by Gasteiger charge is 2.22. The minimum Gasteiger partial charge on any atom is -0.395 e. The third kappa shape index (κ3) is 3.52. The first-order valence-electron chi connectivity index (χ1n) is 7.98. The van der Waals surface area contributed by atoms with Gasteiger partial charge in [-0.15, -0.1) is 0 Å². The number of aliphatic hydroxyl groups excluding tert-OH is 1. The van der Waals surface area contributed by atoms with Crippen molar-refractivity contribution in [3.05, 3.63) is 52.6 Å². The molecule has 1 aliphatic heterocycles. The van der Waals surface area contributed by atoms with Crippen molar-refractivity contribution >= 4 is 11.5 Å². The van der Waals surface area contributed by atoms with Gasteiger partial charge in [0.1, 0.15) is 5.82 Å². The van der Waals surface area contributed by atoms with Crippen LogP contribution in [-0.2, 0) is 0 Å². The number of nitro groups is 1. The maximum atomic E-state index is 11.3. The van der Waals surface area contributed by atoms with E-state index in [0.717, 1.165) is 37.6 Å². The van der Waals surface area contributed by atoms with E-state index in [1.807, 2.05) is 30.3 Å². The number of piperazine rings is 1. The number of aliphatic hydroxyl groups is 1. The molecule has 0 radical (unpaired) electrons. The van der Waals surface area contributed by atoms with Crippen LogP contribution in [0.4, 0.5) is 11.5 Å². The maximum absolute atomic E-state index is 11.3. The van der Waals surface area contributed by atoms with Crippen LogP contribution in [0, 0.1) is 10.1 Å². The number of aromatic nitrogens is 1. The van der Waals surface area contributed by atoms with Gasteiger partial charge in [-0.2, -0.15) is 0 Å². The van der Waals surface area contributed by atoms with E-state index in [9.17, 15) is 10.1 Å². The molecule has 2 heterocycles. The minimum atomic E-state index is -0.391. The van der Waals surface area contributed by atoms with Crippen LogP contribution in [0.15, 0.2) is 42.5 Å². The average molecular weight is 328 g/mol. The van der Waals surface area contributed by atoms with Gasteiger partial charge in [0.2, 0.25) is 0 Å². The lowest BCUT2D eigenvalue weighted by molar-refractivity contribution is -0.384. The standard InChI is InChI=1S/C17H20N4O3/c22-13-12-19-8-10-20(11-9-19)16-7-6-15(21(23)24)17(18-16)14-4-2-1-3-5-14/h1-7,22H,8-13H2. The van der Waals surface area contributed by atoms with Crippen molar-refractivity contribution in [2.75, 3.05) is 44.2 Å². The molecular weight excluding hydrogens is 308 g/mol. The molecule has 0 amide bonds. The molecule has 126 valence electrons. The Morgan fingerprint density at radius 3 is 2.42 bits per heavy atom. The summed E-state index contributed by atoms with van der Waals surface area (Å²) in [5.41, 5.74) is 1.16. The number of hydrogen-bond acceptors (Lipinski definition) is 6. The Morgan fingerprint density at radius 2 is 1.79 bits per heavy atom. The normalized spacial score (nSPS) is 15.5. The number of rotatable bonds is 5. The van der Waals surface area contributed by atoms with Crippen LogP contribution in [0.25, 0.3) is 11.3 Å². The number of hydrogen-bond donors (Lipinski definition) is 1. The van der Waals surface area contributed by atoms with Crippen LogP contribution in [0.2, 0.25) is 0 Å². The minimum absolute atomic E-state index is 0.0175. The SMILES string of the molecule is O=[N+]([O-])c1ccc(N2CCN(CCO)CC2)nc1-c1ccccc1. The van der Waals surface area contributed by atoms with Crippen LogP contribution in [0.1, 0.15) is 0 Å². The monoisotopic (exact) mass is 328 g/mol. The number of anilines is 1. The highest BCUT2D eigenvalue weighted by atomic mass is 16.6. The lowest BCUT2D eigenvalue weighted by Crippen LogP contribution is -2.47. The van der Waals surface area contributed by atoms with Gasteiger partial charge in [0, 0.05) is 44.4 Å². The second-order valence-electron chi connectivity index (χ2n) is 5.71. The molecule has 0 saturated carbocycles. The van der Waals surface area contributed by atoms with Crippen molar-refractivity contribution in [2.24, 2.45) is 0 Å². The molecule has 24 heavy (non-hydrogen) atoms. The van der Waals surface area contributed by atoms with Crippen molar-refractivity contribution in [1.29, 1.82) is 0 Å². The molecule has 0 spiro atoms. The first-order chi connectivity index (χ1) is 11.7. The van der Waals surface area contributed by atoms with Gasteiger partial charge in [-0.05, 0) is 6.07 Å². The van der Waals surface area contributed by atoms with E-state index >= 15 is 0 Å². The number of benzene rings is 1. The molecule has 0 bridgehead atoms. The highest BCUT2D eigenvalue weighted by Crippen LogP contribution is 2.30. The van der Waals surface area contributed by atoms with Gasteiger partial charge in [0.15, 0.2) is 5.69 Å². The topological polar surface area (TPSA) is 82.7 Å². The van der Waals surface area contributed by atoms with Gasteiger partial charge in [0.25, 0.3) is 5.69 Å². The van der Waals surface area contributed by atoms with Gasteiger partial charge in [-0.25, -0.2) is 4.98 Å². The molecule has 1 saturated heterocycles. The number of β-amino-alcohol motifs (C(OH)–C–C–N with tert-alkyl or cyclic N) is 1. The summed E-state index contributed by atoms with van der Waals surface area (Å²) in [4.78, 5) is 19.8. The third-order valence-corrected chi connectivity index (χ3v) is 4.22. The first kappa shape index (κ1) is 16.4. The van der Waals surface area contributed by atoms with E-state index in [0.29, 0.717) is 12.2 Å². The molecule has 0 atom stereocenters. The maximum Gasteiger partial charge on any atom is 0.295 e. The fourth-order valence-corrected chi connectivity index (χ4v) is 2.92. The Balaban J connectivity index is 1.87. The van der Waals surface area contributed by atoms with Crippen LogP contribution in [0.5, 0.6) is 0 Å². The molecule has 3 rings (SSSR count). The fraction of sp³-hybridized carbons (Fsp3) is 0.353. The summed E-state index contributed by atoms with van der Waals surface area (Å²) in [6.07, 6.45) is 0. The van der Waals surface area contributed by atoms with Crippen LogP contribution < -0.4 is 4.90 Å². The summed E-state index contributed by atoms with van der Waals surface area (Å²) in [6.45, 7) is 4.11. The summed E-state index contributed by atoms with van der Waals surface area (Å²) >= 11 is 0. The first-order valence-corrected chi connectivity index (χ1v) is 7.98. The van der Waals surface area contributed by atoms with Crippen molar-refractivity contribution in [1.82, 2.24) is 9.88 Å². The van der Waals surface area contributed by atoms with E-state index in [-0.39, 0.29) is 12.3 Å². The Hall–Kier alpha value is -2.51. The van der Waals surface area contributed by atoms with Crippen molar-refractivity contribution in [3.8, 4) is 11.3 Å². The summed E-state index contributed by atoms with van der Waals surface area (Å²) in [6, 6.07) is 12.5. The van der Waals surface area contributed by atoms with Gasteiger partial charge in [-0.1, -0.05) is 30.3 Å². The summed E-state index contributed by atoms with van der Waals surface area (Å²) in [7, 11) is 0. The second-order valence-corrected chi connectivity index (χ2v) is 5.71. The van der Waals surface area contributed by atoms with Crippen LogP contribution in [0.3, 0.4) is 0 Å². The molecule has 1 N–H and O–H groups in total. The Bertz CT molecular complexity index is 700. The quantitative estimate of drug-likeness (QED) is 0.665. The molecule has 1 fully saturated rings. The second kappa shape index (κ2) is 7.37. The van der Waals surface area contributed by atoms with E-state index in [4.69, 9.17) is 5.11 Å². The average Bonchev–Trinajstić information content (AvgIpc) is 2.63. The van der Waals surface area contributed by atoms with Crippen molar-refractivity contribution in [2.45, 2.75) is 0 Å². The Labute approximate surface area is 140 Å². The lowest BCUT2D eigenvalue weighted by Gasteiger charge is -2.35. The predicted octanol–water partition coefficient (Wildman–Crippen LogP) is 1.77. The fourth-order valence-electron chi connectivity index (χ4n) is 2.92. The zero-order chi connectivity index (χ0) is 16.9. The molecule has 1 aromatic carbocycles. The van der Waals surface area contributed by atoms with E-state index in [1.54, 1.807) is 6.07 Å². The zero-order valence-corrected chi connectivity index (χ0v) is 13.3. The molecule has 0 unspecified atom stereocenters. The molecule has 7 heteroatoms. The van der Waals surface area contributed by atoms with Gasteiger partial charge in [0.05, 0.1) is 11.5 Å². The smallest absolute Gasteiger partial charge is 0.295 e. The van der Waals surface area contributed by atoms with Gasteiger partial charge >= 0.3 is 0 Å². The molecule has 7 nitrogen and oxygen atoms in total. The molecular formula is C17H20N4O3. The zero-order valence-electron chi connectivity index (χ0n) is 13.3. The lowest BCUT2D eigenvalue weighted by atomic mass is 10.1. The van der Waals surface area contributed by atoms with Crippen molar-refractivity contribution < 1.29 is 10.0 Å². The Kier molecular flexibility index (Phi) is 5.02. The summed E-state index contributed by atoms with van der Waals surface area (Å²) < 4.78 is 0. The van der Waals surface area contributed by atoms with Crippen LogP contribution in [-0.4, -0.2) is 59.2 Å². The number of pyridine rings is 1. The third-order valence-electron chi connectivity index (χ3n) is 4.22. The summed E-state index contributed by atoms with van der Waals surface area (Å²) in [5.74, 6) is 0.753. The molecule has 2 aromatic rings. The molecule has 0 aliphatic carbocycles. The Morgan fingerprint density at radius 1 is 1.08 bits per heavy atom. The van der Waals surface area contributed by atoms with Crippen molar-refractivity contribution in [3.63, 3.8) is 0 Å². The molecule has 1 aromatic heterocycles. The van der Waals surface area contributed by atoms with Gasteiger partial charge in [-0.3, -0.25) is 15.0 Å². The van der Waals surface area contributed by atoms with Crippen LogP contribution >= 0.6 is 0 Å². The largest absolute Gasteiger partial charge is 0.395 e. The van der Waals surface area contributed by atoms with E-state index in [2.05, 4.69) is 14.8 Å². The highest BCUT2D eigenvalue weighted by molar-refractivity contribution is 5.71. The molecule has 1 aliphatic rings. The van der Waals surface area contributed by atoms with Gasteiger partial charge < -0.3 is 10.0 Å². The predicted molar refractivity (Wildman–Crippen MR) is 92.1 cm³/mol. The van der Waals surface area contributed by atoms with E-state index < -0.39 is 4.92 Å². The van der Waals surface area contributed by atoms with E-state index in [1.165, 1.54) is 6.07 Å². The summed E-state index contributed by atoms with van der Waals surface area (Å²) in [5, 5.41) is 20.3.